The van der Waals surface area contributed by atoms with Crippen molar-refractivity contribution in [1.29, 1.82) is 0 Å². The predicted octanol–water partition coefficient (Wildman–Crippen LogP) is 5.72. The number of nitrogens with zero attached hydrogens (tertiary/aromatic N) is 2. The van der Waals surface area contributed by atoms with Gasteiger partial charge < -0.3 is 23.9 Å². The summed E-state index contributed by atoms with van der Waals surface area (Å²) in [5.74, 6) is 0.354. The van der Waals surface area contributed by atoms with E-state index in [1.54, 1.807) is 7.11 Å². The van der Waals surface area contributed by atoms with Crippen molar-refractivity contribution in [3.63, 3.8) is 0 Å². The lowest BCUT2D eigenvalue weighted by Crippen LogP contribution is -2.37. The monoisotopic (exact) mass is 474 g/mol. The molecule has 0 aliphatic carbocycles. The second-order valence-corrected chi connectivity index (χ2v) is 8.90. The van der Waals surface area contributed by atoms with Crippen LogP contribution in [0.5, 0.6) is 11.5 Å². The minimum Gasteiger partial charge on any atom is -0.497 e. The Bertz CT molecular complexity index is 1230. The van der Waals surface area contributed by atoms with Crippen LogP contribution in [-0.4, -0.2) is 35.3 Å². The highest BCUT2D eigenvalue weighted by Crippen LogP contribution is 2.25. The van der Waals surface area contributed by atoms with E-state index in [4.69, 9.17) is 18.9 Å². The van der Waals surface area contributed by atoms with Gasteiger partial charge in [0, 0.05) is 13.1 Å². The van der Waals surface area contributed by atoms with E-state index in [2.05, 4.69) is 4.90 Å². The third kappa shape index (κ3) is 6.12. The molecule has 0 aliphatic heterocycles. The van der Waals surface area contributed by atoms with E-state index in [0.29, 0.717) is 18.3 Å². The van der Waals surface area contributed by atoms with Crippen LogP contribution < -0.4 is 14.4 Å². The zero-order chi connectivity index (χ0) is 24.8. The number of carbonyl (C=O) groups is 1. The molecule has 0 unspecified atom stereocenters. The second kappa shape index (κ2) is 10.5. The first-order chi connectivity index (χ1) is 16.8. The number of aromatic nitrogens is 1. The quantitative estimate of drug-likeness (QED) is 0.298. The van der Waals surface area contributed by atoms with Crippen LogP contribution in [0, 0.1) is 0 Å². The molecule has 4 aromatic rings. The van der Waals surface area contributed by atoms with E-state index in [9.17, 15) is 9.90 Å². The number of ether oxygens (including phenoxy) is 2. The standard InChI is InChI=1S/C28H30N2O5/c1-28(2,26(31)32)35-23-16-10-20(11-17-23)7-6-18-30(19-21-12-14-22(33-3)15-13-21)27-29-24-8-4-5-9-25(24)34-27/h4-5,8-17H,6-7,18-19H2,1-3H3,(H,31,32). The molecule has 3 aromatic carbocycles. The van der Waals surface area contributed by atoms with Crippen molar-refractivity contribution in [2.24, 2.45) is 0 Å². The largest absolute Gasteiger partial charge is 0.497 e. The molecule has 35 heavy (non-hydrogen) atoms. The number of fused-ring (bicyclic) bond motifs is 1. The fraction of sp³-hybridized carbons (Fsp3) is 0.286. The summed E-state index contributed by atoms with van der Waals surface area (Å²) in [5, 5.41) is 9.25. The van der Waals surface area contributed by atoms with Crippen LogP contribution in [0.3, 0.4) is 0 Å². The van der Waals surface area contributed by atoms with Gasteiger partial charge >= 0.3 is 5.97 Å². The van der Waals surface area contributed by atoms with E-state index in [-0.39, 0.29) is 0 Å². The number of oxazole rings is 1. The average molecular weight is 475 g/mol. The lowest BCUT2D eigenvalue weighted by molar-refractivity contribution is -0.152. The van der Waals surface area contributed by atoms with Crippen LogP contribution in [0.25, 0.3) is 11.1 Å². The number of hydrogen-bond acceptors (Lipinski definition) is 6. The Morgan fingerprint density at radius 2 is 1.63 bits per heavy atom. The number of para-hydroxylation sites is 2. The SMILES string of the molecule is COc1ccc(CN(CCCc2ccc(OC(C)(C)C(=O)O)cc2)c2nc3ccccc3o2)cc1. The van der Waals surface area contributed by atoms with E-state index < -0.39 is 11.6 Å². The van der Waals surface area contributed by atoms with Gasteiger partial charge in [-0.05, 0) is 74.2 Å². The Kier molecular flexibility index (Phi) is 7.25. The van der Waals surface area contributed by atoms with Crippen LogP contribution in [0.15, 0.2) is 77.2 Å². The van der Waals surface area contributed by atoms with E-state index >= 15 is 0 Å². The Morgan fingerprint density at radius 3 is 2.29 bits per heavy atom. The first-order valence-corrected chi connectivity index (χ1v) is 11.6. The number of hydrogen-bond donors (Lipinski definition) is 1. The zero-order valence-corrected chi connectivity index (χ0v) is 20.2. The molecule has 0 fully saturated rings. The molecule has 7 nitrogen and oxygen atoms in total. The van der Waals surface area contributed by atoms with Crippen molar-refractivity contribution in [3.05, 3.63) is 83.9 Å². The van der Waals surface area contributed by atoms with Crippen LogP contribution in [0.1, 0.15) is 31.4 Å². The molecule has 0 aliphatic rings. The van der Waals surface area contributed by atoms with Gasteiger partial charge in [-0.1, -0.05) is 36.4 Å². The van der Waals surface area contributed by atoms with Gasteiger partial charge in [-0.15, -0.1) is 0 Å². The maximum atomic E-state index is 11.3. The van der Waals surface area contributed by atoms with Gasteiger partial charge in [-0.2, -0.15) is 4.98 Å². The van der Waals surface area contributed by atoms with Crippen molar-refractivity contribution in [3.8, 4) is 11.5 Å². The number of aliphatic carboxylic acids is 1. The molecule has 0 bridgehead atoms. The lowest BCUT2D eigenvalue weighted by Gasteiger charge is -2.22. The first kappa shape index (κ1) is 24.1. The predicted molar refractivity (Wildman–Crippen MR) is 135 cm³/mol. The fourth-order valence-electron chi connectivity index (χ4n) is 3.73. The van der Waals surface area contributed by atoms with Crippen LogP contribution >= 0.6 is 0 Å². The van der Waals surface area contributed by atoms with E-state index in [0.717, 1.165) is 47.4 Å². The van der Waals surface area contributed by atoms with Gasteiger partial charge in [-0.3, -0.25) is 0 Å². The van der Waals surface area contributed by atoms with Crippen molar-refractivity contribution >= 4 is 23.1 Å². The van der Waals surface area contributed by atoms with Gasteiger partial charge in [0.05, 0.1) is 7.11 Å². The lowest BCUT2D eigenvalue weighted by atomic mass is 10.1. The number of rotatable bonds is 11. The Labute approximate surface area is 204 Å². The molecule has 1 heterocycles. The smallest absolute Gasteiger partial charge is 0.347 e. The summed E-state index contributed by atoms with van der Waals surface area (Å²) in [6.45, 7) is 4.48. The van der Waals surface area contributed by atoms with E-state index in [1.807, 2.05) is 72.8 Å². The molecular weight excluding hydrogens is 444 g/mol. The number of carboxylic acids is 1. The molecule has 4 rings (SSSR count). The summed E-state index contributed by atoms with van der Waals surface area (Å²) >= 11 is 0. The fourth-order valence-corrected chi connectivity index (χ4v) is 3.73. The molecule has 1 N–H and O–H groups in total. The highest BCUT2D eigenvalue weighted by molar-refractivity contribution is 5.76. The second-order valence-electron chi connectivity index (χ2n) is 8.90. The highest BCUT2D eigenvalue weighted by atomic mass is 16.5. The number of aryl methyl sites for hydroxylation is 1. The van der Waals surface area contributed by atoms with Crippen LogP contribution in [0.4, 0.5) is 6.01 Å². The number of methoxy groups -OCH3 is 1. The van der Waals surface area contributed by atoms with Crippen molar-refractivity contribution in [2.75, 3.05) is 18.6 Å². The molecule has 0 amide bonds. The molecule has 0 atom stereocenters. The Morgan fingerprint density at radius 1 is 0.971 bits per heavy atom. The summed E-state index contributed by atoms with van der Waals surface area (Å²) < 4.78 is 16.9. The number of anilines is 1. The third-order valence-corrected chi connectivity index (χ3v) is 5.79. The molecule has 182 valence electrons. The summed E-state index contributed by atoms with van der Waals surface area (Å²) in [5.41, 5.74) is 2.61. The molecule has 0 saturated carbocycles. The van der Waals surface area contributed by atoms with Gasteiger partial charge in [0.25, 0.3) is 6.01 Å². The minimum absolute atomic E-state index is 0.536. The summed E-state index contributed by atoms with van der Waals surface area (Å²) in [4.78, 5) is 18.1. The zero-order valence-electron chi connectivity index (χ0n) is 20.2. The van der Waals surface area contributed by atoms with E-state index in [1.165, 1.54) is 13.8 Å². The Balaban J connectivity index is 1.43. The summed E-state index contributed by atoms with van der Waals surface area (Å²) in [6, 6.07) is 23.9. The highest BCUT2D eigenvalue weighted by Gasteiger charge is 2.29. The average Bonchev–Trinajstić information content (AvgIpc) is 3.29. The van der Waals surface area contributed by atoms with Gasteiger partial charge in [-0.25, -0.2) is 4.79 Å². The van der Waals surface area contributed by atoms with Crippen molar-refractivity contribution in [2.45, 2.75) is 38.8 Å². The maximum absolute atomic E-state index is 11.3. The van der Waals surface area contributed by atoms with Gasteiger partial charge in [0.1, 0.15) is 17.0 Å². The van der Waals surface area contributed by atoms with Crippen molar-refractivity contribution < 1.29 is 23.8 Å². The molecule has 1 aromatic heterocycles. The van der Waals surface area contributed by atoms with Gasteiger partial charge in [0.2, 0.25) is 0 Å². The molecule has 0 radical (unpaired) electrons. The molecule has 0 saturated heterocycles. The van der Waals surface area contributed by atoms with Crippen molar-refractivity contribution in [1.82, 2.24) is 4.98 Å². The van der Waals surface area contributed by atoms with Crippen LogP contribution in [0.2, 0.25) is 0 Å². The summed E-state index contributed by atoms with van der Waals surface area (Å²) in [6.07, 6.45) is 1.73. The molecule has 0 spiro atoms. The maximum Gasteiger partial charge on any atom is 0.347 e. The van der Waals surface area contributed by atoms with Gasteiger partial charge in [0.15, 0.2) is 11.2 Å². The first-order valence-electron chi connectivity index (χ1n) is 11.6. The third-order valence-electron chi connectivity index (χ3n) is 5.79. The Hall–Kier alpha value is -4.00. The van der Waals surface area contributed by atoms with Crippen LogP contribution in [-0.2, 0) is 17.8 Å². The topological polar surface area (TPSA) is 85.0 Å². The minimum atomic E-state index is -1.27. The molecular formula is C28H30N2O5. The summed E-state index contributed by atoms with van der Waals surface area (Å²) in [7, 11) is 1.66. The number of benzene rings is 3. The normalized spacial score (nSPS) is 11.4. The molecule has 7 heteroatoms. The number of carboxylic acid groups (broad SMARTS) is 1.